The number of aromatic nitrogens is 1. The molecule has 1 aromatic heterocycles. The average Bonchev–Trinajstić information content (AvgIpc) is 1.66. The van der Waals surface area contributed by atoms with Gasteiger partial charge < -0.3 is 97.2 Å². The van der Waals surface area contributed by atoms with Gasteiger partial charge in [-0.1, -0.05) is 88.4 Å². The second-order valence-corrected chi connectivity index (χ2v) is 23.9. The summed E-state index contributed by atoms with van der Waals surface area (Å²) in [5, 5.41) is 39.5. The first-order valence-electron chi connectivity index (χ1n) is 30.8. The van der Waals surface area contributed by atoms with Gasteiger partial charge in [0.15, 0.2) is 11.9 Å². The van der Waals surface area contributed by atoms with Gasteiger partial charge in [0, 0.05) is 62.1 Å². The molecular weight excluding hydrogens is 1270 g/mol. The zero-order chi connectivity index (χ0) is 71.2. The van der Waals surface area contributed by atoms with E-state index in [4.69, 9.17) is 28.7 Å². The molecule has 0 unspecified atom stereocenters. The van der Waals surface area contributed by atoms with Gasteiger partial charge >= 0.3 is 5.97 Å². The second kappa shape index (κ2) is 38.6. The Labute approximate surface area is 559 Å². The van der Waals surface area contributed by atoms with Crippen molar-refractivity contribution in [1.29, 1.82) is 0 Å². The third kappa shape index (κ3) is 26.8. The number of carboxylic acid groups (broad SMARTS) is 1. The van der Waals surface area contributed by atoms with Crippen molar-refractivity contribution >= 4 is 123 Å². The van der Waals surface area contributed by atoms with Gasteiger partial charge in [0.05, 0.1) is 19.6 Å². The summed E-state index contributed by atoms with van der Waals surface area (Å²) < 4.78 is 0. The van der Waals surface area contributed by atoms with E-state index in [-0.39, 0.29) is 75.7 Å². The van der Waals surface area contributed by atoms with Crippen LogP contribution in [0.2, 0.25) is 0 Å². The summed E-state index contributed by atoms with van der Waals surface area (Å²) in [6, 6.07) is 8.74. The molecule has 33 nitrogen and oxygen atoms in total. The van der Waals surface area contributed by atoms with Crippen LogP contribution in [-0.4, -0.2) is 186 Å². The third-order valence-corrected chi connectivity index (χ3v) is 15.1. The first kappa shape index (κ1) is 77.9. The van der Waals surface area contributed by atoms with E-state index in [1.54, 1.807) is 82.4 Å². The SMILES string of the molecule is CC[C@H](NC(=O)CNC(=O)[C@H](CCC(N)=O)NC(=O)[C@H](Cc1c[nH]c2ccccc12)NC(=O)[C@H](Cc1ccc2ccccc2c1)NC(=O)CNC(=O)[C@H](CCCN=C(N)N)NC(=O)[C@@H](CCCN=C(N)N)NC(=O)[C@H](CS)NC(C)=O)C(=O)NCC(=O)N[C@H](C(=O)O)C(C)(C)C. The fraction of sp³-hybridized carbons (Fsp3) is 0.468. The average molecular weight is 1360 g/mol. The lowest BCUT2D eigenvalue weighted by molar-refractivity contribution is -0.145. The van der Waals surface area contributed by atoms with Crippen molar-refractivity contribution in [2.45, 2.75) is 141 Å². The minimum atomic E-state index is -1.58. The number of carbonyl (C=O) groups is 13. The Bertz CT molecular complexity index is 3490. The number of nitrogens with zero attached hydrogens (tertiary/aromatic N) is 2. The molecule has 96 heavy (non-hydrogen) atoms. The summed E-state index contributed by atoms with van der Waals surface area (Å²) in [4.78, 5) is 185. The first-order valence-corrected chi connectivity index (χ1v) is 31.5. The smallest absolute Gasteiger partial charge is 0.326 e. The normalized spacial score (nSPS) is 13.6. The molecule has 4 rings (SSSR count). The minimum Gasteiger partial charge on any atom is -0.480 e. The van der Waals surface area contributed by atoms with E-state index in [1.165, 1.54) is 6.92 Å². The number of para-hydroxylation sites is 1. The fourth-order valence-corrected chi connectivity index (χ4v) is 10.0. The van der Waals surface area contributed by atoms with Crippen LogP contribution in [0.1, 0.15) is 90.7 Å². The van der Waals surface area contributed by atoms with Gasteiger partial charge in [-0.05, 0) is 71.9 Å². The zero-order valence-corrected chi connectivity index (χ0v) is 55.0. The number of H-pyrrole nitrogens is 1. The highest BCUT2D eigenvalue weighted by molar-refractivity contribution is 7.80. The number of thiol groups is 1. The van der Waals surface area contributed by atoms with Crippen molar-refractivity contribution in [1.82, 2.24) is 63.5 Å². The van der Waals surface area contributed by atoms with E-state index < -0.39 is 163 Å². The Morgan fingerprint density at radius 3 is 1.50 bits per heavy atom. The van der Waals surface area contributed by atoms with Crippen molar-refractivity contribution in [2.24, 2.45) is 44.1 Å². The summed E-state index contributed by atoms with van der Waals surface area (Å²) in [5.74, 6) is -12.1. The van der Waals surface area contributed by atoms with Crippen molar-refractivity contribution in [3.63, 3.8) is 0 Å². The van der Waals surface area contributed by atoms with Gasteiger partial charge in [0.1, 0.15) is 48.3 Å². The molecule has 0 saturated heterocycles. The van der Waals surface area contributed by atoms with Crippen molar-refractivity contribution in [3.05, 3.63) is 84.1 Å². The Morgan fingerprint density at radius 2 is 0.990 bits per heavy atom. The molecule has 0 fully saturated rings. The fourth-order valence-electron chi connectivity index (χ4n) is 9.75. The monoisotopic (exact) mass is 1360 g/mol. The molecule has 0 aliphatic carbocycles. The number of guanidine groups is 2. The van der Waals surface area contributed by atoms with E-state index in [1.807, 2.05) is 18.2 Å². The number of carbonyl (C=O) groups excluding carboxylic acids is 12. The van der Waals surface area contributed by atoms with Gasteiger partial charge in [-0.15, -0.1) is 0 Å². The molecule has 12 amide bonds. The molecule has 0 aliphatic rings. The highest BCUT2D eigenvalue weighted by Gasteiger charge is 2.35. The number of primary amides is 1. The number of benzene rings is 3. The number of aliphatic imine (C=N–C) groups is 2. The summed E-state index contributed by atoms with van der Waals surface area (Å²) >= 11 is 4.15. The highest BCUT2D eigenvalue weighted by Crippen LogP contribution is 2.22. The maximum atomic E-state index is 14.9. The van der Waals surface area contributed by atoms with Crippen LogP contribution in [0.3, 0.4) is 0 Å². The van der Waals surface area contributed by atoms with Crippen LogP contribution >= 0.6 is 12.6 Å². The Hall–Kier alpha value is -10.5. The van der Waals surface area contributed by atoms with Crippen LogP contribution in [-0.2, 0) is 75.2 Å². The molecule has 8 atom stereocenters. The van der Waals surface area contributed by atoms with Crippen LogP contribution in [0.4, 0.5) is 0 Å². The predicted octanol–water partition coefficient (Wildman–Crippen LogP) is -3.80. The third-order valence-electron chi connectivity index (χ3n) is 14.7. The van der Waals surface area contributed by atoms with Gasteiger partial charge in [0.2, 0.25) is 70.9 Å². The van der Waals surface area contributed by atoms with Crippen molar-refractivity contribution < 1.29 is 67.4 Å². The molecule has 1 heterocycles. The molecule has 0 bridgehead atoms. The van der Waals surface area contributed by atoms with E-state index in [0.29, 0.717) is 22.0 Å². The number of carboxylic acids is 1. The quantitative estimate of drug-likeness (QED) is 0.00882. The van der Waals surface area contributed by atoms with Gasteiger partial charge in [-0.2, -0.15) is 12.6 Å². The van der Waals surface area contributed by atoms with E-state index in [2.05, 4.69) is 86.1 Å². The number of nitrogens with one attached hydrogen (secondary N) is 12. The lowest BCUT2D eigenvalue weighted by Crippen LogP contribution is -2.59. The van der Waals surface area contributed by atoms with E-state index in [0.717, 1.165) is 10.8 Å². The highest BCUT2D eigenvalue weighted by atomic mass is 32.1. The predicted molar refractivity (Wildman–Crippen MR) is 359 cm³/mol. The minimum absolute atomic E-state index is 0.0142. The molecule has 0 saturated carbocycles. The summed E-state index contributed by atoms with van der Waals surface area (Å²) in [6.45, 7) is 5.46. The van der Waals surface area contributed by atoms with E-state index in [9.17, 15) is 67.4 Å². The number of amides is 12. The number of nitrogens with two attached hydrogens (primary N) is 5. The van der Waals surface area contributed by atoms with Crippen LogP contribution in [0, 0.1) is 5.41 Å². The second-order valence-electron chi connectivity index (χ2n) is 23.5. The standard InChI is InChI=1S/C62H89N19O14S/c1-6-39(52(87)71-31-50(86)81-51(59(94)95)62(3,4)5)75-48(84)29-73-54(89)43(21-22-47(63)83)79-57(92)45(27-37-28-70-40-16-10-9-15-38(37)40)80-56(91)44(26-34-19-20-35-13-7-8-14-36(35)25-34)76-49(85)30-72-53(88)41(17-11-23-68-60(64)65)77-55(90)42(18-12-24-69-61(66)67)78-58(93)46(32-96)74-33(2)82/h7-10,13-16,19-20,25,28,39,41-46,51,70,96H,6,11-12,17-18,21-24,26-27,29-32H2,1-5H3,(H2,63,83)(H,71,87)(H,72,88)(H,73,89)(H,74,82)(H,75,84)(H,76,85)(H,77,90)(H,78,93)(H,79,92)(H,80,91)(H,81,86)(H,94,95)(H4,64,65,68)(H4,66,67,69)/t39-,41-,42+,43-,44-,45-,46-,51+/m0/s1. The molecule has 0 radical (unpaired) electrons. The lowest BCUT2D eigenvalue weighted by atomic mass is 9.87. The number of hydrogen-bond acceptors (Lipinski definition) is 16. The van der Waals surface area contributed by atoms with Crippen LogP contribution < -0.4 is 87.2 Å². The topological polar surface area (TPSA) is 545 Å². The molecule has 0 aliphatic heterocycles. The molecule has 0 spiro atoms. The number of fused-ring (bicyclic) bond motifs is 2. The summed E-state index contributed by atoms with van der Waals surface area (Å²) in [5.41, 5.74) is 28.4. The number of hydrogen-bond donors (Lipinski definition) is 19. The maximum Gasteiger partial charge on any atom is 0.326 e. The Balaban J connectivity index is 1.61. The number of rotatable bonds is 39. The maximum absolute atomic E-state index is 14.9. The molecular formula is C62H89N19O14S. The Morgan fingerprint density at radius 1 is 0.531 bits per heavy atom. The van der Waals surface area contributed by atoms with Crippen molar-refractivity contribution in [3.8, 4) is 0 Å². The Kier molecular flexibility index (Phi) is 31.3. The molecule has 4 aromatic rings. The van der Waals surface area contributed by atoms with Gasteiger partial charge in [0.25, 0.3) is 0 Å². The molecule has 522 valence electrons. The molecule has 34 heteroatoms. The largest absolute Gasteiger partial charge is 0.480 e. The van der Waals surface area contributed by atoms with Gasteiger partial charge in [-0.3, -0.25) is 67.5 Å². The lowest BCUT2D eigenvalue weighted by Gasteiger charge is -2.27. The van der Waals surface area contributed by atoms with E-state index >= 15 is 0 Å². The van der Waals surface area contributed by atoms with Crippen LogP contribution in [0.25, 0.3) is 21.7 Å². The number of aromatic amines is 1. The zero-order valence-electron chi connectivity index (χ0n) is 54.1. The van der Waals surface area contributed by atoms with Gasteiger partial charge in [-0.25, -0.2) is 4.79 Å². The molecule has 23 N–H and O–H groups in total. The first-order chi connectivity index (χ1) is 45.4. The summed E-state index contributed by atoms with van der Waals surface area (Å²) in [7, 11) is 0. The van der Waals surface area contributed by atoms with Crippen molar-refractivity contribution in [2.75, 3.05) is 38.5 Å². The number of aliphatic carboxylic acids is 1. The van der Waals surface area contributed by atoms with Crippen LogP contribution in [0.5, 0.6) is 0 Å². The molecule has 3 aromatic carbocycles. The van der Waals surface area contributed by atoms with Crippen LogP contribution in [0.15, 0.2) is 82.9 Å². The summed E-state index contributed by atoms with van der Waals surface area (Å²) in [6.07, 6.45) is 0.483.